The van der Waals surface area contributed by atoms with E-state index in [1.165, 1.54) is 18.1 Å². The Balaban J connectivity index is 2.35. The Hall–Kier alpha value is -0.670. The highest BCUT2D eigenvalue weighted by Gasteiger charge is 2.20. The third-order valence-corrected chi connectivity index (χ3v) is 3.50. The van der Waals surface area contributed by atoms with Gasteiger partial charge in [-0.15, -0.1) is 0 Å². The molecule has 16 heavy (non-hydrogen) atoms. The van der Waals surface area contributed by atoms with Crippen LogP contribution in [0.1, 0.15) is 30.9 Å². The molecule has 3 heteroatoms. The lowest BCUT2D eigenvalue weighted by atomic mass is 9.98. The zero-order chi connectivity index (χ0) is 11.5. The van der Waals surface area contributed by atoms with E-state index >= 15 is 0 Å². The molecule has 2 rings (SSSR count). The Bertz CT molecular complexity index is 414. The van der Waals surface area contributed by atoms with Crippen molar-refractivity contribution in [2.24, 2.45) is 0 Å². The highest BCUT2D eigenvalue weighted by atomic mass is 79.9. The molecule has 86 valence electrons. The Morgan fingerprint density at radius 1 is 1.44 bits per heavy atom. The van der Waals surface area contributed by atoms with Gasteiger partial charge in [0.2, 0.25) is 0 Å². The van der Waals surface area contributed by atoms with E-state index in [4.69, 9.17) is 0 Å². The molecule has 0 spiro atoms. The van der Waals surface area contributed by atoms with Gasteiger partial charge in [-0.1, -0.05) is 27.6 Å². The number of allylic oxidation sites excluding steroid dienone is 1. The molecule has 0 amide bonds. The fourth-order valence-electron chi connectivity index (χ4n) is 2.23. The number of nitrogens with one attached hydrogen (secondary N) is 1. The van der Waals surface area contributed by atoms with Crippen LogP contribution >= 0.6 is 15.9 Å². The minimum Gasteiger partial charge on any atom is -0.310 e. The van der Waals surface area contributed by atoms with Gasteiger partial charge in [0.05, 0.1) is 6.04 Å². The van der Waals surface area contributed by atoms with Gasteiger partial charge in [0, 0.05) is 10.0 Å². The SMILES string of the molecule is CNC(C1=CCCC1)c1cc(Br)ccc1F. The molecule has 1 nitrogen and oxygen atoms in total. The Kier molecular flexibility index (Phi) is 3.77. The Labute approximate surface area is 104 Å². The Morgan fingerprint density at radius 2 is 2.25 bits per heavy atom. The van der Waals surface area contributed by atoms with E-state index < -0.39 is 0 Å². The molecule has 1 aromatic rings. The van der Waals surface area contributed by atoms with Crippen LogP contribution in [-0.2, 0) is 0 Å². The van der Waals surface area contributed by atoms with Gasteiger partial charge in [-0.05, 0) is 44.5 Å². The van der Waals surface area contributed by atoms with Crippen LogP contribution in [0.4, 0.5) is 4.39 Å². The summed E-state index contributed by atoms with van der Waals surface area (Å²) in [6, 6.07) is 5.11. The minimum atomic E-state index is -0.143. The number of benzene rings is 1. The summed E-state index contributed by atoms with van der Waals surface area (Å²) in [4.78, 5) is 0. The molecular weight excluding hydrogens is 269 g/mol. The van der Waals surface area contributed by atoms with Crippen LogP contribution < -0.4 is 5.32 Å². The maximum Gasteiger partial charge on any atom is 0.128 e. The topological polar surface area (TPSA) is 12.0 Å². The normalized spacial score (nSPS) is 17.3. The first-order valence-corrected chi connectivity index (χ1v) is 6.33. The average molecular weight is 284 g/mol. The zero-order valence-electron chi connectivity index (χ0n) is 9.26. The standard InChI is InChI=1S/C13H15BrFN/c1-16-13(9-4-2-3-5-9)11-8-10(14)6-7-12(11)15/h4,6-8,13,16H,2-3,5H2,1H3. The van der Waals surface area contributed by atoms with Crippen molar-refractivity contribution in [1.29, 1.82) is 0 Å². The van der Waals surface area contributed by atoms with Gasteiger partial charge in [-0.2, -0.15) is 0 Å². The van der Waals surface area contributed by atoms with E-state index in [9.17, 15) is 4.39 Å². The summed E-state index contributed by atoms with van der Waals surface area (Å²) in [6.07, 6.45) is 5.59. The van der Waals surface area contributed by atoms with E-state index in [1.54, 1.807) is 6.07 Å². The number of likely N-dealkylation sites (N-methyl/N-ethyl adjacent to an activating group) is 1. The largest absolute Gasteiger partial charge is 0.310 e. The maximum absolute atomic E-state index is 13.8. The highest BCUT2D eigenvalue weighted by Crippen LogP contribution is 2.32. The van der Waals surface area contributed by atoms with Gasteiger partial charge in [0.1, 0.15) is 5.82 Å². The van der Waals surface area contributed by atoms with Crippen molar-refractivity contribution < 1.29 is 4.39 Å². The van der Waals surface area contributed by atoms with Crippen molar-refractivity contribution in [2.45, 2.75) is 25.3 Å². The predicted molar refractivity (Wildman–Crippen MR) is 67.8 cm³/mol. The zero-order valence-corrected chi connectivity index (χ0v) is 10.8. The fraction of sp³-hybridized carbons (Fsp3) is 0.385. The van der Waals surface area contributed by atoms with Crippen molar-refractivity contribution in [3.05, 3.63) is 45.7 Å². The van der Waals surface area contributed by atoms with Gasteiger partial charge >= 0.3 is 0 Å². The summed E-state index contributed by atoms with van der Waals surface area (Å²) < 4.78 is 14.7. The molecule has 1 atom stereocenters. The molecule has 0 fully saturated rings. The van der Waals surface area contributed by atoms with Crippen LogP contribution in [0.25, 0.3) is 0 Å². The second kappa shape index (κ2) is 5.11. The lowest BCUT2D eigenvalue weighted by Gasteiger charge is -2.19. The van der Waals surface area contributed by atoms with E-state index in [-0.39, 0.29) is 11.9 Å². The predicted octanol–water partition coefficient (Wildman–Crippen LogP) is 3.96. The summed E-state index contributed by atoms with van der Waals surface area (Å²) in [6.45, 7) is 0. The molecule has 1 aliphatic carbocycles. The third kappa shape index (κ3) is 2.36. The molecular formula is C13H15BrFN. The van der Waals surface area contributed by atoms with Gasteiger partial charge in [-0.25, -0.2) is 4.39 Å². The molecule has 0 radical (unpaired) electrons. The summed E-state index contributed by atoms with van der Waals surface area (Å²) in [5.41, 5.74) is 2.03. The van der Waals surface area contributed by atoms with E-state index in [0.29, 0.717) is 0 Å². The van der Waals surface area contributed by atoms with E-state index in [2.05, 4.69) is 27.3 Å². The smallest absolute Gasteiger partial charge is 0.128 e. The second-order valence-electron chi connectivity index (χ2n) is 4.06. The van der Waals surface area contributed by atoms with Gasteiger partial charge in [0.15, 0.2) is 0 Å². The van der Waals surface area contributed by atoms with Crippen molar-refractivity contribution in [1.82, 2.24) is 5.32 Å². The van der Waals surface area contributed by atoms with Gasteiger partial charge in [0.25, 0.3) is 0 Å². The van der Waals surface area contributed by atoms with Crippen molar-refractivity contribution in [2.75, 3.05) is 7.05 Å². The molecule has 1 aromatic carbocycles. The molecule has 0 saturated carbocycles. The summed E-state index contributed by atoms with van der Waals surface area (Å²) in [5.74, 6) is -0.143. The fourth-order valence-corrected chi connectivity index (χ4v) is 2.61. The highest BCUT2D eigenvalue weighted by molar-refractivity contribution is 9.10. The Morgan fingerprint density at radius 3 is 2.88 bits per heavy atom. The summed E-state index contributed by atoms with van der Waals surface area (Å²) in [5, 5.41) is 3.20. The first-order valence-electron chi connectivity index (χ1n) is 5.53. The average Bonchev–Trinajstić information content (AvgIpc) is 2.78. The lowest BCUT2D eigenvalue weighted by molar-refractivity contribution is 0.566. The minimum absolute atomic E-state index is 0.0139. The van der Waals surface area contributed by atoms with Gasteiger partial charge in [-0.3, -0.25) is 0 Å². The number of rotatable bonds is 3. The monoisotopic (exact) mass is 283 g/mol. The third-order valence-electron chi connectivity index (χ3n) is 3.00. The van der Waals surface area contributed by atoms with Crippen molar-refractivity contribution in [3.8, 4) is 0 Å². The van der Waals surface area contributed by atoms with Crippen LogP contribution in [0.2, 0.25) is 0 Å². The maximum atomic E-state index is 13.8. The van der Waals surface area contributed by atoms with Gasteiger partial charge < -0.3 is 5.32 Å². The van der Waals surface area contributed by atoms with Crippen LogP contribution in [0.3, 0.4) is 0 Å². The van der Waals surface area contributed by atoms with Crippen LogP contribution in [-0.4, -0.2) is 7.05 Å². The first-order chi connectivity index (χ1) is 7.72. The van der Waals surface area contributed by atoms with E-state index in [1.807, 2.05) is 13.1 Å². The van der Waals surface area contributed by atoms with Crippen LogP contribution in [0, 0.1) is 5.82 Å². The molecule has 1 N–H and O–H groups in total. The molecule has 0 heterocycles. The molecule has 0 aliphatic heterocycles. The number of hydrogen-bond donors (Lipinski definition) is 1. The summed E-state index contributed by atoms with van der Waals surface area (Å²) >= 11 is 3.39. The quantitative estimate of drug-likeness (QED) is 0.828. The molecule has 0 saturated heterocycles. The van der Waals surface area contributed by atoms with Crippen molar-refractivity contribution >= 4 is 15.9 Å². The van der Waals surface area contributed by atoms with Crippen LogP contribution in [0.5, 0.6) is 0 Å². The number of hydrogen-bond acceptors (Lipinski definition) is 1. The molecule has 1 aliphatic rings. The van der Waals surface area contributed by atoms with Crippen molar-refractivity contribution in [3.63, 3.8) is 0 Å². The lowest BCUT2D eigenvalue weighted by Crippen LogP contribution is -2.19. The number of halogens is 2. The molecule has 0 aromatic heterocycles. The summed E-state index contributed by atoms with van der Waals surface area (Å²) in [7, 11) is 1.88. The van der Waals surface area contributed by atoms with Crippen LogP contribution in [0.15, 0.2) is 34.3 Å². The molecule has 1 unspecified atom stereocenters. The molecule has 0 bridgehead atoms. The first kappa shape index (κ1) is 11.8. The van der Waals surface area contributed by atoms with E-state index in [0.717, 1.165) is 22.9 Å². The second-order valence-corrected chi connectivity index (χ2v) is 4.97.